The van der Waals surface area contributed by atoms with Crippen LogP contribution in [0.1, 0.15) is 13.8 Å². The third kappa shape index (κ3) is 2.82. The normalized spacial score (nSPS) is 22.1. The molecule has 0 aromatic carbocycles. The van der Waals surface area contributed by atoms with E-state index >= 15 is 0 Å². The molecule has 0 radical (unpaired) electrons. The van der Waals surface area contributed by atoms with E-state index in [4.69, 9.17) is 21.1 Å². The Labute approximate surface area is 110 Å². The van der Waals surface area contributed by atoms with E-state index in [0.29, 0.717) is 18.8 Å². The number of aryl methyl sites for hydroxylation is 1. The third-order valence-corrected chi connectivity index (χ3v) is 3.03. The van der Waals surface area contributed by atoms with Crippen molar-refractivity contribution in [2.24, 2.45) is 7.05 Å². The summed E-state index contributed by atoms with van der Waals surface area (Å²) in [6, 6.07) is 0. The first kappa shape index (κ1) is 13.3. The maximum Gasteiger partial charge on any atom is 0.287 e. The van der Waals surface area contributed by atoms with Gasteiger partial charge < -0.3 is 14.8 Å². The van der Waals surface area contributed by atoms with Gasteiger partial charge in [-0.15, -0.1) is 0 Å². The molecule has 1 atom stereocenters. The Morgan fingerprint density at radius 2 is 2.39 bits per heavy atom. The molecule has 1 unspecified atom stereocenters. The second kappa shape index (κ2) is 4.87. The number of halogens is 1. The Kier molecular flexibility index (Phi) is 3.61. The lowest BCUT2D eigenvalue weighted by Crippen LogP contribution is -2.27. The van der Waals surface area contributed by atoms with Crippen LogP contribution >= 0.6 is 11.6 Å². The van der Waals surface area contributed by atoms with Gasteiger partial charge in [-0.3, -0.25) is 4.79 Å². The van der Waals surface area contributed by atoms with Crippen molar-refractivity contribution in [2.45, 2.75) is 25.7 Å². The summed E-state index contributed by atoms with van der Waals surface area (Å²) in [4.78, 5) is 11.6. The molecule has 1 fully saturated rings. The van der Waals surface area contributed by atoms with Crippen LogP contribution in [0.5, 0.6) is 0 Å². The summed E-state index contributed by atoms with van der Waals surface area (Å²) >= 11 is 5.93. The van der Waals surface area contributed by atoms with E-state index in [1.54, 1.807) is 7.05 Å². The Bertz CT molecular complexity index is 501. The minimum atomic E-state index is -0.554. The van der Waals surface area contributed by atoms with Crippen LogP contribution in [0.3, 0.4) is 0 Å². The predicted octanol–water partition coefficient (Wildman–Crippen LogP) is 0.997. The van der Waals surface area contributed by atoms with Crippen LogP contribution in [0, 0.1) is 0 Å². The van der Waals surface area contributed by atoms with Crippen molar-refractivity contribution >= 4 is 17.3 Å². The molecular formula is C11H16ClN3O3. The number of rotatable bonds is 3. The standard InChI is InChI=1S/C11H16ClN3O3/c1-11(2)17-6-7(18-11)4-13-8-5-14-15(3)10(16)9(8)12/h5,7,13H,4,6H2,1-3H3. The summed E-state index contributed by atoms with van der Waals surface area (Å²) < 4.78 is 12.3. The van der Waals surface area contributed by atoms with Gasteiger partial charge in [-0.1, -0.05) is 11.6 Å². The summed E-state index contributed by atoms with van der Waals surface area (Å²) in [5.74, 6) is -0.554. The molecule has 1 saturated heterocycles. The number of hydrogen-bond acceptors (Lipinski definition) is 5. The second-order valence-corrected chi connectivity index (χ2v) is 5.01. The number of ether oxygens (including phenoxy) is 2. The van der Waals surface area contributed by atoms with Crippen LogP contribution in [0.2, 0.25) is 5.02 Å². The molecule has 100 valence electrons. The van der Waals surface area contributed by atoms with Gasteiger partial charge in [0.25, 0.3) is 5.56 Å². The average Bonchev–Trinajstić information content (AvgIpc) is 2.65. The van der Waals surface area contributed by atoms with Crippen molar-refractivity contribution < 1.29 is 9.47 Å². The topological polar surface area (TPSA) is 65.4 Å². The van der Waals surface area contributed by atoms with E-state index in [1.807, 2.05) is 13.8 Å². The fourth-order valence-corrected chi connectivity index (χ4v) is 1.96. The van der Waals surface area contributed by atoms with Crippen molar-refractivity contribution in [3.63, 3.8) is 0 Å². The van der Waals surface area contributed by atoms with Gasteiger partial charge in [0.1, 0.15) is 11.1 Å². The first-order valence-corrected chi connectivity index (χ1v) is 6.04. The van der Waals surface area contributed by atoms with Crippen molar-refractivity contribution in [1.29, 1.82) is 0 Å². The highest BCUT2D eigenvalue weighted by Gasteiger charge is 2.32. The maximum absolute atomic E-state index is 11.6. The van der Waals surface area contributed by atoms with E-state index in [-0.39, 0.29) is 16.7 Å². The molecule has 1 aromatic rings. The predicted molar refractivity (Wildman–Crippen MR) is 67.9 cm³/mol. The van der Waals surface area contributed by atoms with Crippen LogP contribution in [-0.2, 0) is 16.5 Å². The van der Waals surface area contributed by atoms with Crippen molar-refractivity contribution in [2.75, 3.05) is 18.5 Å². The van der Waals surface area contributed by atoms with Gasteiger partial charge >= 0.3 is 0 Å². The van der Waals surface area contributed by atoms with Gasteiger partial charge in [0.15, 0.2) is 5.79 Å². The molecule has 6 nitrogen and oxygen atoms in total. The van der Waals surface area contributed by atoms with Gasteiger partial charge in [0.05, 0.1) is 18.5 Å². The number of aromatic nitrogens is 2. The van der Waals surface area contributed by atoms with E-state index in [0.717, 1.165) is 0 Å². The molecule has 2 rings (SSSR count). The molecule has 1 N–H and O–H groups in total. The number of hydrogen-bond donors (Lipinski definition) is 1. The second-order valence-electron chi connectivity index (χ2n) is 4.63. The largest absolute Gasteiger partial charge is 0.380 e. The molecule has 0 amide bonds. The molecule has 1 aliphatic rings. The summed E-state index contributed by atoms with van der Waals surface area (Å²) in [6.07, 6.45) is 1.45. The fraction of sp³-hybridized carbons (Fsp3) is 0.636. The van der Waals surface area contributed by atoms with Gasteiger partial charge in [-0.2, -0.15) is 5.10 Å². The highest BCUT2D eigenvalue weighted by atomic mass is 35.5. The van der Waals surface area contributed by atoms with Gasteiger partial charge in [-0.25, -0.2) is 4.68 Å². The smallest absolute Gasteiger partial charge is 0.287 e. The summed E-state index contributed by atoms with van der Waals surface area (Å²) in [5, 5.41) is 7.08. The molecule has 7 heteroatoms. The lowest BCUT2D eigenvalue weighted by Gasteiger charge is -2.17. The number of nitrogens with one attached hydrogen (secondary N) is 1. The van der Waals surface area contributed by atoms with Crippen LogP contribution in [-0.4, -0.2) is 34.8 Å². The van der Waals surface area contributed by atoms with Gasteiger partial charge in [-0.05, 0) is 13.8 Å². The minimum Gasteiger partial charge on any atom is -0.380 e. The summed E-state index contributed by atoms with van der Waals surface area (Å²) in [5.41, 5.74) is 0.179. The highest BCUT2D eigenvalue weighted by molar-refractivity contribution is 6.32. The van der Waals surface area contributed by atoms with E-state index < -0.39 is 5.79 Å². The van der Waals surface area contributed by atoms with Gasteiger partial charge in [0.2, 0.25) is 0 Å². The Morgan fingerprint density at radius 3 is 3.00 bits per heavy atom. The molecule has 1 aromatic heterocycles. The molecule has 1 aliphatic heterocycles. The molecular weight excluding hydrogens is 258 g/mol. The maximum atomic E-state index is 11.6. The molecule has 18 heavy (non-hydrogen) atoms. The zero-order chi connectivity index (χ0) is 13.3. The lowest BCUT2D eigenvalue weighted by molar-refractivity contribution is -0.136. The Hall–Kier alpha value is -1.11. The minimum absolute atomic E-state index is 0.0693. The first-order chi connectivity index (χ1) is 8.39. The third-order valence-electron chi connectivity index (χ3n) is 2.67. The van der Waals surface area contributed by atoms with E-state index in [2.05, 4.69) is 10.4 Å². The highest BCUT2D eigenvalue weighted by Crippen LogP contribution is 2.23. The van der Waals surface area contributed by atoms with E-state index in [1.165, 1.54) is 10.9 Å². The van der Waals surface area contributed by atoms with Gasteiger partial charge in [0, 0.05) is 13.6 Å². The van der Waals surface area contributed by atoms with E-state index in [9.17, 15) is 4.79 Å². The SMILES string of the molecule is Cn1ncc(NCC2COC(C)(C)O2)c(Cl)c1=O. The molecule has 0 spiro atoms. The fourth-order valence-electron chi connectivity index (χ4n) is 1.72. The summed E-state index contributed by atoms with van der Waals surface area (Å²) in [6.45, 7) is 4.74. The Morgan fingerprint density at radius 1 is 1.67 bits per heavy atom. The molecule has 0 bridgehead atoms. The monoisotopic (exact) mass is 273 g/mol. The molecule has 0 aliphatic carbocycles. The average molecular weight is 274 g/mol. The van der Waals surface area contributed by atoms with Crippen LogP contribution in [0.25, 0.3) is 0 Å². The van der Waals surface area contributed by atoms with Crippen molar-refractivity contribution in [1.82, 2.24) is 9.78 Å². The Balaban J connectivity index is 1.99. The molecule has 2 heterocycles. The first-order valence-electron chi connectivity index (χ1n) is 5.66. The zero-order valence-corrected chi connectivity index (χ0v) is 11.3. The summed E-state index contributed by atoms with van der Waals surface area (Å²) in [7, 11) is 1.55. The zero-order valence-electron chi connectivity index (χ0n) is 10.6. The van der Waals surface area contributed by atoms with Crippen LogP contribution < -0.4 is 10.9 Å². The number of nitrogens with zero attached hydrogens (tertiary/aromatic N) is 2. The van der Waals surface area contributed by atoms with Crippen LogP contribution in [0.4, 0.5) is 5.69 Å². The lowest BCUT2D eigenvalue weighted by atomic mass is 10.3. The molecule has 0 saturated carbocycles. The quantitative estimate of drug-likeness (QED) is 0.890. The van der Waals surface area contributed by atoms with Crippen molar-refractivity contribution in [3.8, 4) is 0 Å². The van der Waals surface area contributed by atoms with Crippen LogP contribution in [0.15, 0.2) is 11.0 Å². The number of anilines is 1. The van der Waals surface area contributed by atoms with Crippen molar-refractivity contribution in [3.05, 3.63) is 21.6 Å².